The maximum Gasteiger partial charge on any atom is 0.0175 e. The lowest BCUT2D eigenvalue weighted by molar-refractivity contribution is 1.30. The van der Waals surface area contributed by atoms with Gasteiger partial charge in [-0.25, -0.2) is 0 Å². The predicted octanol–water partition coefficient (Wildman–Crippen LogP) is 7.37. The fourth-order valence-electron chi connectivity index (χ4n) is 3.87. The van der Waals surface area contributed by atoms with E-state index in [1.54, 1.807) is 0 Å². The van der Waals surface area contributed by atoms with Gasteiger partial charge in [-0.3, -0.25) is 0 Å². The highest BCUT2D eigenvalue weighted by molar-refractivity contribution is 9.10. The van der Waals surface area contributed by atoms with E-state index in [4.69, 9.17) is 0 Å². The molecular formula is C25H17Br. The van der Waals surface area contributed by atoms with E-state index in [1.807, 2.05) is 0 Å². The van der Waals surface area contributed by atoms with Crippen LogP contribution < -0.4 is 0 Å². The minimum Gasteiger partial charge on any atom is -0.0613 e. The van der Waals surface area contributed by atoms with E-state index < -0.39 is 0 Å². The molecule has 0 amide bonds. The lowest BCUT2D eigenvalue weighted by Gasteiger charge is -2.18. The zero-order valence-corrected chi connectivity index (χ0v) is 15.8. The number of hydrogen-bond donors (Lipinski definition) is 0. The van der Waals surface area contributed by atoms with E-state index in [9.17, 15) is 0 Å². The molecule has 0 unspecified atom stereocenters. The summed E-state index contributed by atoms with van der Waals surface area (Å²) in [5.74, 6) is 0. The van der Waals surface area contributed by atoms with Crippen molar-refractivity contribution in [2.24, 2.45) is 0 Å². The lowest BCUT2D eigenvalue weighted by atomic mass is 9.86. The normalized spacial score (nSPS) is 12.9. The quantitative estimate of drug-likeness (QED) is 0.331. The van der Waals surface area contributed by atoms with E-state index in [1.165, 1.54) is 44.2 Å². The Morgan fingerprint density at radius 1 is 0.615 bits per heavy atom. The van der Waals surface area contributed by atoms with Crippen LogP contribution in [0.5, 0.6) is 0 Å². The lowest BCUT2D eigenvalue weighted by Crippen LogP contribution is -1.99. The summed E-state index contributed by atoms with van der Waals surface area (Å²) in [5, 5.41) is 2.74. The molecule has 5 rings (SSSR count). The van der Waals surface area contributed by atoms with Crippen LogP contribution in [-0.2, 0) is 6.42 Å². The van der Waals surface area contributed by atoms with Crippen LogP contribution in [0.4, 0.5) is 0 Å². The molecule has 0 aromatic heterocycles. The van der Waals surface area contributed by atoms with Gasteiger partial charge in [0.05, 0.1) is 0 Å². The topological polar surface area (TPSA) is 0 Å². The van der Waals surface area contributed by atoms with Crippen molar-refractivity contribution in [3.05, 3.63) is 106 Å². The molecule has 1 aliphatic carbocycles. The molecule has 0 aliphatic heterocycles. The standard InChI is InChI=1S/C25H17Br/c26-24-13-11-18(12-14-24)17-7-9-19(10-8-17)23-15-21-5-1-3-20-4-2-6-22(16-23)25(20)21/h1-15H,16H2. The molecule has 0 fully saturated rings. The van der Waals surface area contributed by atoms with Crippen LogP contribution in [0.1, 0.15) is 16.7 Å². The Morgan fingerprint density at radius 3 is 1.96 bits per heavy atom. The molecule has 1 heteroatoms. The highest BCUT2D eigenvalue weighted by atomic mass is 79.9. The number of benzene rings is 4. The number of allylic oxidation sites excluding steroid dienone is 1. The minimum absolute atomic E-state index is 0.992. The van der Waals surface area contributed by atoms with E-state index >= 15 is 0 Å². The molecule has 4 aromatic rings. The van der Waals surface area contributed by atoms with Crippen LogP contribution in [0, 0.1) is 0 Å². The van der Waals surface area contributed by atoms with Gasteiger partial charge in [0.25, 0.3) is 0 Å². The Bertz CT molecular complexity index is 1130. The van der Waals surface area contributed by atoms with Crippen LogP contribution in [0.25, 0.3) is 33.5 Å². The van der Waals surface area contributed by atoms with Gasteiger partial charge in [-0.1, -0.05) is 94.8 Å². The maximum absolute atomic E-state index is 3.50. The molecule has 0 spiro atoms. The SMILES string of the molecule is Brc1ccc(-c2ccc(C3=Cc4cccc5cccc(c45)C3)cc2)cc1. The van der Waals surface area contributed by atoms with Gasteiger partial charge in [0.2, 0.25) is 0 Å². The summed E-state index contributed by atoms with van der Waals surface area (Å²) in [6.45, 7) is 0. The van der Waals surface area contributed by atoms with Crippen molar-refractivity contribution in [3.63, 3.8) is 0 Å². The van der Waals surface area contributed by atoms with E-state index in [0.717, 1.165) is 10.9 Å². The largest absolute Gasteiger partial charge is 0.0613 e. The van der Waals surface area contributed by atoms with Crippen molar-refractivity contribution in [1.82, 2.24) is 0 Å². The van der Waals surface area contributed by atoms with Crippen molar-refractivity contribution >= 4 is 38.4 Å². The van der Waals surface area contributed by atoms with Gasteiger partial charge < -0.3 is 0 Å². The average molecular weight is 397 g/mol. The predicted molar refractivity (Wildman–Crippen MR) is 115 cm³/mol. The van der Waals surface area contributed by atoms with Crippen LogP contribution in [-0.4, -0.2) is 0 Å². The van der Waals surface area contributed by atoms with Gasteiger partial charge in [-0.05, 0) is 62.7 Å². The maximum atomic E-state index is 3.50. The average Bonchev–Trinajstić information content (AvgIpc) is 2.69. The van der Waals surface area contributed by atoms with Crippen LogP contribution in [0.15, 0.2) is 89.4 Å². The Labute approximate surface area is 161 Å². The third kappa shape index (κ3) is 2.69. The highest BCUT2D eigenvalue weighted by Gasteiger charge is 2.14. The Balaban J connectivity index is 1.53. The molecule has 0 heterocycles. The molecule has 0 nitrogen and oxygen atoms in total. The first-order chi connectivity index (χ1) is 12.8. The van der Waals surface area contributed by atoms with Crippen molar-refractivity contribution in [1.29, 1.82) is 0 Å². The molecule has 0 saturated carbocycles. The Kier molecular flexibility index (Phi) is 3.76. The van der Waals surface area contributed by atoms with E-state index in [2.05, 4.69) is 107 Å². The van der Waals surface area contributed by atoms with Crippen LogP contribution in [0.3, 0.4) is 0 Å². The summed E-state index contributed by atoms with van der Waals surface area (Å²) in [7, 11) is 0. The second-order valence-electron chi connectivity index (χ2n) is 6.79. The van der Waals surface area contributed by atoms with Gasteiger partial charge in [-0.15, -0.1) is 0 Å². The molecule has 26 heavy (non-hydrogen) atoms. The molecule has 0 saturated heterocycles. The van der Waals surface area contributed by atoms with Gasteiger partial charge in [-0.2, -0.15) is 0 Å². The molecule has 0 radical (unpaired) electrons. The Morgan fingerprint density at radius 2 is 1.23 bits per heavy atom. The fourth-order valence-corrected chi connectivity index (χ4v) is 4.13. The second-order valence-corrected chi connectivity index (χ2v) is 7.71. The monoisotopic (exact) mass is 396 g/mol. The fraction of sp³-hybridized carbons (Fsp3) is 0.0400. The summed E-state index contributed by atoms with van der Waals surface area (Å²) < 4.78 is 1.11. The summed E-state index contributed by atoms with van der Waals surface area (Å²) in [5.41, 5.74) is 7.94. The highest BCUT2D eigenvalue weighted by Crippen LogP contribution is 2.35. The molecule has 0 atom stereocenters. The molecule has 1 aliphatic rings. The van der Waals surface area contributed by atoms with Gasteiger partial charge >= 0.3 is 0 Å². The first-order valence-corrected chi connectivity index (χ1v) is 9.65. The molecule has 4 aromatic carbocycles. The van der Waals surface area contributed by atoms with Crippen molar-refractivity contribution in [2.75, 3.05) is 0 Å². The molecule has 0 N–H and O–H groups in total. The van der Waals surface area contributed by atoms with Crippen LogP contribution in [0.2, 0.25) is 0 Å². The molecular weight excluding hydrogens is 380 g/mol. The van der Waals surface area contributed by atoms with Gasteiger partial charge in [0.15, 0.2) is 0 Å². The van der Waals surface area contributed by atoms with Crippen molar-refractivity contribution in [3.8, 4) is 11.1 Å². The zero-order chi connectivity index (χ0) is 17.5. The Hall–Kier alpha value is -2.64. The third-order valence-corrected chi connectivity index (χ3v) is 5.70. The van der Waals surface area contributed by atoms with Gasteiger partial charge in [0, 0.05) is 4.47 Å². The van der Waals surface area contributed by atoms with E-state index in [-0.39, 0.29) is 0 Å². The third-order valence-electron chi connectivity index (χ3n) is 5.17. The van der Waals surface area contributed by atoms with Gasteiger partial charge in [0.1, 0.15) is 0 Å². The first kappa shape index (κ1) is 15.6. The zero-order valence-electron chi connectivity index (χ0n) is 14.2. The molecule has 124 valence electrons. The summed E-state index contributed by atoms with van der Waals surface area (Å²) in [6, 6.07) is 30.6. The van der Waals surface area contributed by atoms with Crippen LogP contribution >= 0.6 is 15.9 Å². The van der Waals surface area contributed by atoms with Crippen molar-refractivity contribution < 1.29 is 0 Å². The number of rotatable bonds is 2. The first-order valence-electron chi connectivity index (χ1n) is 8.85. The second kappa shape index (κ2) is 6.26. The summed E-state index contributed by atoms with van der Waals surface area (Å²) >= 11 is 3.50. The number of halogens is 1. The number of hydrogen-bond acceptors (Lipinski definition) is 0. The summed E-state index contributed by atoms with van der Waals surface area (Å²) in [6.07, 6.45) is 3.34. The smallest absolute Gasteiger partial charge is 0.0175 e. The molecule has 0 bridgehead atoms. The summed E-state index contributed by atoms with van der Waals surface area (Å²) in [4.78, 5) is 0. The van der Waals surface area contributed by atoms with E-state index in [0.29, 0.717) is 0 Å². The minimum atomic E-state index is 0.992. The van der Waals surface area contributed by atoms with Crippen molar-refractivity contribution in [2.45, 2.75) is 6.42 Å².